The summed E-state index contributed by atoms with van der Waals surface area (Å²) in [4.78, 5) is 12.6. The molecule has 1 atom stereocenters. The van der Waals surface area contributed by atoms with E-state index in [9.17, 15) is 10.2 Å². The van der Waals surface area contributed by atoms with Crippen molar-refractivity contribution in [3.8, 4) is 0 Å². The van der Waals surface area contributed by atoms with E-state index < -0.39 is 0 Å². The summed E-state index contributed by atoms with van der Waals surface area (Å²) in [5.41, 5.74) is 7.11. The van der Waals surface area contributed by atoms with Gasteiger partial charge in [-0.05, 0) is 43.5 Å². The predicted octanol–water partition coefficient (Wildman–Crippen LogP) is 4.13. The van der Waals surface area contributed by atoms with Gasteiger partial charge in [0.05, 0.1) is 29.5 Å². The summed E-state index contributed by atoms with van der Waals surface area (Å²) in [5.74, 6) is -0.230. The van der Waals surface area contributed by atoms with Crippen LogP contribution in [0.25, 0.3) is 11.0 Å². The van der Waals surface area contributed by atoms with Gasteiger partial charge >= 0.3 is 5.97 Å². The highest BCUT2D eigenvalue weighted by atomic mass is 16.5. The summed E-state index contributed by atoms with van der Waals surface area (Å²) in [6, 6.07) is 24.8. The Labute approximate surface area is 205 Å². The van der Waals surface area contributed by atoms with Crippen molar-refractivity contribution in [3.05, 3.63) is 101 Å². The lowest BCUT2D eigenvalue weighted by molar-refractivity contribution is -0.151. The molecule has 0 aliphatic carbocycles. The predicted molar refractivity (Wildman–Crippen MR) is 137 cm³/mol. The molecule has 6 nitrogen and oxygen atoms in total. The molecule has 1 aliphatic rings. The van der Waals surface area contributed by atoms with E-state index in [2.05, 4.69) is 79.8 Å². The minimum absolute atomic E-state index is 0.0709. The molecule has 0 bridgehead atoms. The molecule has 2 heterocycles. The Morgan fingerprint density at radius 1 is 0.943 bits per heavy atom. The van der Waals surface area contributed by atoms with Crippen molar-refractivity contribution in [1.82, 2.24) is 14.5 Å². The molecule has 0 radical (unpaired) electrons. The molecule has 2 N–H and O–H groups in total. The normalized spacial score (nSPS) is 14.6. The monoisotopic (exact) mass is 468 g/mol. The number of carbonyl (C=O) groups excluding carboxylic acids is 1. The number of hydrogen-bond donors (Lipinski definition) is 2. The highest BCUT2D eigenvalue weighted by Gasteiger charge is 2.28. The molecule has 1 unspecified atom stereocenters. The van der Waals surface area contributed by atoms with E-state index in [1.165, 1.54) is 11.1 Å². The Bertz CT molecular complexity index is 1380. The first-order valence-electron chi connectivity index (χ1n) is 12.2. The summed E-state index contributed by atoms with van der Waals surface area (Å²) < 4.78 is 9.89. The largest absolute Gasteiger partial charge is 0.463 e. The number of hydrogen-bond acceptors (Lipinski definition) is 4. The first kappa shape index (κ1) is 23.1. The van der Waals surface area contributed by atoms with E-state index in [1.807, 2.05) is 21.3 Å². The van der Waals surface area contributed by atoms with Gasteiger partial charge in [0, 0.05) is 13.1 Å². The number of carbonyl (C=O) groups is 1. The molecule has 3 aromatic carbocycles. The van der Waals surface area contributed by atoms with Gasteiger partial charge in [-0.15, -0.1) is 0 Å². The van der Waals surface area contributed by atoms with Gasteiger partial charge in [0.25, 0.3) is 0 Å². The lowest BCUT2D eigenvalue weighted by atomic mass is 10.0. The minimum atomic E-state index is -0.189. The maximum absolute atomic E-state index is 12.6. The maximum Gasteiger partial charge on any atom is 0.311 e. The van der Waals surface area contributed by atoms with Crippen LogP contribution in [-0.2, 0) is 22.5 Å². The number of nitrogens with zero attached hydrogens (tertiary/aromatic N) is 2. The van der Waals surface area contributed by atoms with Crippen molar-refractivity contribution in [3.63, 3.8) is 0 Å². The fourth-order valence-electron chi connectivity index (χ4n) is 4.63. The van der Waals surface area contributed by atoms with Crippen LogP contribution in [0.2, 0.25) is 0 Å². The smallest absolute Gasteiger partial charge is 0.311 e. The molecule has 1 aliphatic heterocycles. The second kappa shape index (κ2) is 9.92. The lowest BCUT2D eigenvalue weighted by Gasteiger charge is -2.26. The third-order valence-electron chi connectivity index (χ3n) is 6.87. The summed E-state index contributed by atoms with van der Waals surface area (Å²) in [6.45, 7) is 6.35. The van der Waals surface area contributed by atoms with Crippen LogP contribution in [0.4, 0.5) is 0 Å². The maximum atomic E-state index is 12.6. The summed E-state index contributed by atoms with van der Waals surface area (Å²) >= 11 is 0. The van der Waals surface area contributed by atoms with E-state index in [1.54, 1.807) is 0 Å². The molecule has 6 heteroatoms. The second-order valence-corrected chi connectivity index (χ2v) is 9.58. The Morgan fingerprint density at radius 2 is 1.54 bits per heavy atom. The summed E-state index contributed by atoms with van der Waals surface area (Å²) in [5, 5.41) is 12.3. The highest BCUT2D eigenvalue weighted by molar-refractivity contribution is 5.76. The number of benzene rings is 3. The molecular formula is C29H32N4O2. The van der Waals surface area contributed by atoms with Crippen LogP contribution in [-0.4, -0.2) is 34.8 Å². The molecule has 0 amide bonds. The van der Waals surface area contributed by atoms with Gasteiger partial charge < -0.3 is 19.2 Å². The van der Waals surface area contributed by atoms with Gasteiger partial charge in [-0.3, -0.25) is 10.2 Å². The number of nitrogens with one attached hydrogen (secondary N) is 2. The van der Waals surface area contributed by atoms with Crippen LogP contribution in [0, 0.1) is 25.2 Å². The van der Waals surface area contributed by atoms with Crippen molar-refractivity contribution in [2.24, 2.45) is 5.92 Å². The van der Waals surface area contributed by atoms with E-state index in [0.717, 1.165) is 22.2 Å². The first-order chi connectivity index (χ1) is 17.0. The zero-order valence-electron chi connectivity index (χ0n) is 20.3. The van der Waals surface area contributed by atoms with Gasteiger partial charge in [0.15, 0.2) is 0 Å². The Hall–Kier alpha value is -3.64. The number of esters is 1. The van der Waals surface area contributed by atoms with Gasteiger partial charge in [0.1, 0.15) is 6.61 Å². The van der Waals surface area contributed by atoms with Crippen molar-refractivity contribution < 1.29 is 9.53 Å². The van der Waals surface area contributed by atoms with Crippen molar-refractivity contribution >= 4 is 17.0 Å². The highest BCUT2D eigenvalue weighted by Crippen LogP contribution is 2.23. The fourth-order valence-corrected chi connectivity index (χ4v) is 4.63. The number of fused-ring (bicyclic) bond motifs is 1. The molecule has 5 rings (SSSR count). The van der Waals surface area contributed by atoms with Gasteiger partial charge in [-0.2, -0.15) is 0 Å². The van der Waals surface area contributed by atoms with Crippen molar-refractivity contribution in [2.75, 3.05) is 19.7 Å². The number of aryl methyl sites for hydroxylation is 2. The van der Waals surface area contributed by atoms with Crippen LogP contribution < -0.4 is 10.9 Å². The van der Waals surface area contributed by atoms with Crippen LogP contribution >= 0.6 is 0 Å². The van der Waals surface area contributed by atoms with Gasteiger partial charge in [-0.1, -0.05) is 71.8 Å². The number of para-hydroxylation sites is 2. The molecule has 1 saturated heterocycles. The van der Waals surface area contributed by atoms with E-state index in [4.69, 9.17) is 4.74 Å². The number of imidazole rings is 1. The first-order valence-corrected chi connectivity index (χ1v) is 12.2. The summed E-state index contributed by atoms with van der Waals surface area (Å²) in [7, 11) is 0. The molecule has 1 fully saturated rings. The Kier molecular flexibility index (Phi) is 6.55. The third kappa shape index (κ3) is 4.93. The van der Waals surface area contributed by atoms with Crippen molar-refractivity contribution in [1.29, 1.82) is 5.41 Å². The SMILES string of the molecule is Cc1ccc(CC(COC(=O)C2CNC2)n2c(=N)n(Cc3ccc(C)cc3)c3ccccc32)cc1. The number of aromatic nitrogens is 2. The minimum Gasteiger partial charge on any atom is -0.463 e. The van der Waals surface area contributed by atoms with Crippen molar-refractivity contribution in [2.45, 2.75) is 32.9 Å². The quantitative estimate of drug-likeness (QED) is 0.382. The zero-order chi connectivity index (χ0) is 24.4. The molecule has 35 heavy (non-hydrogen) atoms. The average Bonchev–Trinajstić information content (AvgIpc) is 3.09. The number of rotatable bonds is 8. The van der Waals surface area contributed by atoms with Crippen LogP contribution in [0.3, 0.4) is 0 Å². The number of ether oxygens (including phenoxy) is 1. The van der Waals surface area contributed by atoms with Crippen LogP contribution in [0.15, 0.2) is 72.8 Å². The Balaban J connectivity index is 1.53. The van der Waals surface area contributed by atoms with E-state index >= 15 is 0 Å². The molecular weight excluding hydrogens is 436 g/mol. The standard InChI is InChI=1S/C29H32N4O2/c1-20-7-11-22(12-8-20)15-25(19-35-28(34)24-16-31-17-24)33-27-6-4-3-5-26(27)32(29(33)30)18-23-13-9-21(2)10-14-23/h3-14,24-25,30-31H,15-19H2,1-2H3. The molecule has 0 saturated carbocycles. The fraction of sp³-hybridized carbons (Fsp3) is 0.310. The van der Waals surface area contributed by atoms with E-state index in [-0.39, 0.29) is 24.5 Å². The molecule has 180 valence electrons. The molecule has 1 aromatic heterocycles. The lowest BCUT2D eigenvalue weighted by Crippen LogP contribution is -2.47. The zero-order valence-corrected chi connectivity index (χ0v) is 20.3. The third-order valence-corrected chi connectivity index (χ3v) is 6.87. The molecule has 0 spiro atoms. The van der Waals surface area contributed by atoms with E-state index in [0.29, 0.717) is 31.7 Å². The van der Waals surface area contributed by atoms with Crippen LogP contribution in [0.1, 0.15) is 28.3 Å². The topological polar surface area (TPSA) is 72.0 Å². The Morgan fingerprint density at radius 3 is 2.14 bits per heavy atom. The summed E-state index contributed by atoms with van der Waals surface area (Å²) in [6.07, 6.45) is 0.672. The van der Waals surface area contributed by atoms with Gasteiger partial charge in [-0.25, -0.2) is 0 Å². The molecule has 4 aromatic rings. The van der Waals surface area contributed by atoms with Gasteiger partial charge in [0.2, 0.25) is 5.62 Å². The average molecular weight is 469 g/mol. The van der Waals surface area contributed by atoms with Crippen LogP contribution in [0.5, 0.6) is 0 Å². The second-order valence-electron chi connectivity index (χ2n) is 9.58.